The average Bonchev–Trinajstić information content (AvgIpc) is 3.77. The number of carboxylic acid groups (broad SMARTS) is 1. The SMILES string of the molecule is CC(C)Cc1ccc(-c2nc(CI)c(C(C)C)o2)cc1.CC(C)Cc1ccc(-c2nc(COC[C@H]3CCC[C@@H](COC(C)(C)C(=O)O)C3)c(C(C)C)o2)cc1. The summed E-state index contributed by atoms with van der Waals surface area (Å²) < 4.78 is 24.9. The van der Waals surface area contributed by atoms with Crippen LogP contribution >= 0.6 is 22.6 Å². The van der Waals surface area contributed by atoms with Gasteiger partial charge in [0, 0.05) is 34.0 Å². The van der Waals surface area contributed by atoms with Crippen LogP contribution < -0.4 is 0 Å². The van der Waals surface area contributed by atoms with E-state index in [0.29, 0.717) is 55.3 Å². The van der Waals surface area contributed by atoms with Crippen LogP contribution in [-0.2, 0) is 38.1 Å². The van der Waals surface area contributed by atoms with Crippen LogP contribution in [-0.4, -0.2) is 39.9 Å². The van der Waals surface area contributed by atoms with Crippen LogP contribution in [0.2, 0.25) is 0 Å². The van der Waals surface area contributed by atoms with Gasteiger partial charge >= 0.3 is 5.97 Å². The molecule has 0 spiro atoms. The van der Waals surface area contributed by atoms with Gasteiger partial charge in [-0.1, -0.05) is 109 Å². The minimum atomic E-state index is -1.14. The molecule has 0 unspecified atom stereocenters. The molecule has 1 N–H and O–H groups in total. The summed E-state index contributed by atoms with van der Waals surface area (Å²) in [5.74, 6) is 5.11. The molecule has 0 aliphatic heterocycles. The van der Waals surface area contributed by atoms with Crippen molar-refractivity contribution in [2.24, 2.45) is 23.7 Å². The van der Waals surface area contributed by atoms with Crippen molar-refractivity contribution in [3.63, 3.8) is 0 Å². The number of nitrogens with zero attached hydrogens (tertiary/aromatic N) is 2. The second kappa shape index (κ2) is 20.9. The van der Waals surface area contributed by atoms with Crippen LogP contribution in [0.4, 0.5) is 0 Å². The Bertz CT molecular complexity index is 1750. The smallest absolute Gasteiger partial charge is 0.335 e. The largest absolute Gasteiger partial charge is 0.479 e. The second-order valence-corrected chi connectivity index (χ2v) is 18.0. The van der Waals surface area contributed by atoms with Gasteiger partial charge in [-0.15, -0.1) is 0 Å². The Morgan fingerprint density at radius 3 is 1.64 bits per heavy atom. The van der Waals surface area contributed by atoms with Gasteiger partial charge in [-0.3, -0.25) is 0 Å². The standard InChI is InChI=1S/C29H43NO5.C17H22INO/c1-19(2)14-21-10-12-24(13-11-21)27-30-25(26(35-27)20(3)4)18-33-16-22-8-7-9-23(15-22)17-34-29(5,6)28(31)32;1-11(2)9-13-5-7-14(8-6-13)17-19-15(10-18)16(20-17)12(3)4/h10-13,19-20,22-23H,7-9,14-18H2,1-6H3,(H,31,32);5-8,11-12H,9-10H2,1-4H3/t22-,23+;/m0./s1. The van der Waals surface area contributed by atoms with E-state index in [2.05, 4.69) is 131 Å². The van der Waals surface area contributed by atoms with Gasteiger partial charge in [0.1, 0.15) is 17.2 Å². The lowest BCUT2D eigenvalue weighted by atomic mass is 9.82. The van der Waals surface area contributed by atoms with E-state index in [0.717, 1.165) is 82.9 Å². The molecule has 2 aromatic carbocycles. The van der Waals surface area contributed by atoms with E-state index >= 15 is 0 Å². The van der Waals surface area contributed by atoms with Crippen molar-refractivity contribution in [2.75, 3.05) is 13.2 Å². The number of ether oxygens (including phenoxy) is 2. The lowest BCUT2D eigenvalue weighted by Gasteiger charge is -2.31. The number of rotatable bonds is 17. The number of hydrogen-bond acceptors (Lipinski definition) is 7. The van der Waals surface area contributed by atoms with Gasteiger partial charge in [0.15, 0.2) is 5.60 Å². The van der Waals surface area contributed by atoms with Crippen molar-refractivity contribution in [2.45, 2.75) is 136 Å². The molecule has 0 bridgehead atoms. The van der Waals surface area contributed by atoms with E-state index < -0.39 is 11.6 Å². The van der Waals surface area contributed by atoms with Gasteiger partial charge in [-0.05, 0) is 105 Å². The normalized spacial score (nSPS) is 16.3. The lowest BCUT2D eigenvalue weighted by Crippen LogP contribution is -2.37. The van der Waals surface area contributed by atoms with Gasteiger partial charge in [-0.25, -0.2) is 14.8 Å². The Balaban J connectivity index is 0.000000284. The first-order valence-electron chi connectivity index (χ1n) is 20.2. The fourth-order valence-corrected chi connectivity index (χ4v) is 7.55. The highest BCUT2D eigenvalue weighted by molar-refractivity contribution is 14.1. The molecular weight excluding hydrogens is 803 g/mol. The predicted molar refractivity (Wildman–Crippen MR) is 230 cm³/mol. The second-order valence-electron chi connectivity index (χ2n) is 17.2. The molecular formula is C46H65IN2O6. The summed E-state index contributed by atoms with van der Waals surface area (Å²) >= 11 is 2.34. The number of aliphatic carboxylic acids is 1. The molecule has 2 heterocycles. The van der Waals surface area contributed by atoms with Crippen molar-refractivity contribution >= 4 is 28.6 Å². The van der Waals surface area contributed by atoms with Crippen LogP contribution in [0.1, 0.15) is 141 Å². The van der Waals surface area contributed by atoms with Crippen LogP contribution in [0.3, 0.4) is 0 Å². The molecule has 1 aliphatic rings. The van der Waals surface area contributed by atoms with Gasteiger partial charge in [0.2, 0.25) is 11.8 Å². The van der Waals surface area contributed by atoms with Crippen molar-refractivity contribution in [1.29, 1.82) is 0 Å². The summed E-state index contributed by atoms with van der Waals surface area (Å²) in [7, 11) is 0. The van der Waals surface area contributed by atoms with Crippen molar-refractivity contribution in [1.82, 2.24) is 9.97 Å². The molecule has 0 saturated heterocycles. The zero-order chi connectivity index (χ0) is 40.3. The topological polar surface area (TPSA) is 108 Å². The first-order chi connectivity index (χ1) is 26.1. The lowest BCUT2D eigenvalue weighted by molar-refractivity contribution is -0.163. The Labute approximate surface area is 343 Å². The highest BCUT2D eigenvalue weighted by Crippen LogP contribution is 2.33. The van der Waals surface area contributed by atoms with Gasteiger partial charge in [0.05, 0.1) is 18.9 Å². The van der Waals surface area contributed by atoms with Gasteiger partial charge in [0.25, 0.3) is 0 Å². The highest BCUT2D eigenvalue weighted by Gasteiger charge is 2.31. The zero-order valence-corrected chi connectivity index (χ0v) is 37.1. The van der Waals surface area contributed by atoms with Gasteiger partial charge in [-0.2, -0.15) is 0 Å². The minimum Gasteiger partial charge on any atom is -0.479 e. The fraction of sp³-hybridized carbons (Fsp3) is 0.587. The predicted octanol–water partition coefficient (Wildman–Crippen LogP) is 12.5. The molecule has 8 nitrogen and oxygen atoms in total. The molecule has 1 saturated carbocycles. The molecule has 1 aliphatic carbocycles. The van der Waals surface area contributed by atoms with E-state index in [4.69, 9.17) is 23.3 Å². The molecule has 2 atom stereocenters. The molecule has 2 aromatic heterocycles. The maximum Gasteiger partial charge on any atom is 0.335 e. The number of aromatic nitrogens is 2. The summed E-state index contributed by atoms with van der Waals surface area (Å²) in [6.07, 6.45) is 6.50. The third-order valence-corrected chi connectivity index (χ3v) is 10.7. The van der Waals surface area contributed by atoms with Crippen molar-refractivity contribution in [3.05, 3.63) is 82.6 Å². The quantitative estimate of drug-likeness (QED) is 0.0826. The zero-order valence-electron chi connectivity index (χ0n) is 34.9. The third kappa shape index (κ3) is 13.6. The molecule has 1 fully saturated rings. The Hall–Kier alpha value is -3.02. The molecule has 0 amide bonds. The molecule has 4 aromatic rings. The average molecular weight is 869 g/mol. The van der Waals surface area contributed by atoms with E-state index in [1.165, 1.54) is 11.1 Å². The van der Waals surface area contributed by atoms with Crippen LogP contribution in [0.25, 0.3) is 22.9 Å². The van der Waals surface area contributed by atoms with E-state index in [9.17, 15) is 9.90 Å². The van der Waals surface area contributed by atoms with E-state index in [-0.39, 0.29) is 5.92 Å². The number of carboxylic acids is 1. The summed E-state index contributed by atoms with van der Waals surface area (Å²) in [6, 6.07) is 17.1. The monoisotopic (exact) mass is 868 g/mol. The van der Waals surface area contributed by atoms with Crippen molar-refractivity contribution < 1.29 is 28.2 Å². The van der Waals surface area contributed by atoms with Gasteiger partial charge < -0.3 is 23.4 Å². The number of benzene rings is 2. The number of oxazole rings is 2. The number of carbonyl (C=O) groups is 1. The summed E-state index contributed by atoms with van der Waals surface area (Å²) in [5.41, 5.74) is 5.55. The Morgan fingerprint density at radius 1 is 0.764 bits per heavy atom. The number of alkyl halides is 1. The van der Waals surface area contributed by atoms with E-state index in [1.807, 2.05) is 0 Å². The first kappa shape index (κ1) is 44.7. The van der Waals surface area contributed by atoms with Crippen molar-refractivity contribution in [3.8, 4) is 22.9 Å². The molecule has 0 radical (unpaired) electrons. The first-order valence-corrected chi connectivity index (χ1v) is 21.8. The maximum atomic E-state index is 11.3. The summed E-state index contributed by atoms with van der Waals surface area (Å²) in [4.78, 5) is 20.7. The fourth-order valence-electron chi connectivity index (χ4n) is 7.00. The third-order valence-electron chi connectivity index (χ3n) is 10.00. The van der Waals surface area contributed by atoms with Crippen LogP contribution in [0, 0.1) is 23.7 Å². The maximum absolute atomic E-state index is 11.3. The van der Waals surface area contributed by atoms with Crippen LogP contribution in [0.5, 0.6) is 0 Å². The summed E-state index contributed by atoms with van der Waals surface area (Å²) in [5, 5.41) is 9.27. The Kier molecular flexibility index (Phi) is 17.0. The molecule has 302 valence electrons. The van der Waals surface area contributed by atoms with E-state index in [1.54, 1.807) is 13.8 Å². The molecule has 5 rings (SSSR count). The minimum absolute atomic E-state index is 0.226. The molecule has 55 heavy (non-hydrogen) atoms. The Morgan fingerprint density at radius 2 is 1.22 bits per heavy atom. The number of halogens is 1. The number of hydrogen-bond donors (Lipinski definition) is 1. The summed E-state index contributed by atoms with van der Waals surface area (Å²) in [6.45, 7) is 22.3. The molecule has 9 heteroatoms. The van der Waals surface area contributed by atoms with Crippen LogP contribution in [0.15, 0.2) is 57.4 Å². The highest BCUT2D eigenvalue weighted by atomic mass is 127.